The zero-order valence-corrected chi connectivity index (χ0v) is 30.3. The number of benzene rings is 8. The van der Waals surface area contributed by atoms with Gasteiger partial charge in [0, 0.05) is 55.8 Å². The molecule has 0 atom stereocenters. The summed E-state index contributed by atoms with van der Waals surface area (Å²) in [5, 5.41) is 4.69. The molecule has 0 aliphatic carbocycles. The van der Waals surface area contributed by atoms with Crippen LogP contribution in [0.1, 0.15) is 25.0 Å². The Bertz CT molecular complexity index is 2940. The maximum Gasteiger partial charge on any atom is 0.137 e. The summed E-state index contributed by atoms with van der Waals surface area (Å²) in [4.78, 5) is 2.34. The second kappa shape index (κ2) is 12.7. The lowest BCUT2D eigenvalue weighted by Gasteiger charge is -2.27. The number of para-hydroxylation sites is 2. The predicted molar refractivity (Wildman–Crippen MR) is 227 cm³/mol. The quantitative estimate of drug-likeness (QED) is 0.166. The lowest BCUT2D eigenvalue weighted by molar-refractivity contribution is 0.641. The highest BCUT2D eigenvalue weighted by Gasteiger charge is 2.24. The summed E-state index contributed by atoms with van der Waals surface area (Å²) in [6.07, 6.45) is 0. The first-order valence-electron chi connectivity index (χ1n) is 18.6. The van der Waals surface area contributed by atoms with Gasteiger partial charge in [-0.1, -0.05) is 141 Å². The summed E-state index contributed by atoms with van der Waals surface area (Å²) in [6, 6.07) is 69.7. The average molecular weight is 695 g/mol. The van der Waals surface area contributed by atoms with Crippen molar-refractivity contribution in [3.8, 4) is 16.8 Å². The molecular weight excluding hydrogens is 657 g/mol. The fourth-order valence-corrected chi connectivity index (χ4v) is 8.16. The van der Waals surface area contributed by atoms with Gasteiger partial charge < -0.3 is 13.9 Å². The number of hydrogen-bond donors (Lipinski definition) is 0. The summed E-state index contributed by atoms with van der Waals surface area (Å²) in [5.41, 5.74) is 13.2. The van der Waals surface area contributed by atoms with Gasteiger partial charge in [-0.15, -0.1) is 0 Å². The number of anilines is 3. The van der Waals surface area contributed by atoms with Gasteiger partial charge >= 0.3 is 0 Å². The Morgan fingerprint density at radius 1 is 0.407 bits per heavy atom. The van der Waals surface area contributed by atoms with Crippen molar-refractivity contribution >= 4 is 60.8 Å². The van der Waals surface area contributed by atoms with E-state index in [1.165, 1.54) is 38.5 Å². The van der Waals surface area contributed by atoms with Crippen LogP contribution in [0.4, 0.5) is 17.1 Å². The highest BCUT2D eigenvalue weighted by Crippen LogP contribution is 2.42. The molecule has 2 aromatic heterocycles. The van der Waals surface area contributed by atoms with Crippen LogP contribution in [0.5, 0.6) is 0 Å². The van der Waals surface area contributed by atoms with Crippen molar-refractivity contribution in [1.29, 1.82) is 0 Å². The van der Waals surface area contributed by atoms with Crippen LogP contribution in [-0.4, -0.2) is 4.57 Å². The van der Waals surface area contributed by atoms with Crippen molar-refractivity contribution in [1.82, 2.24) is 4.57 Å². The van der Waals surface area contributed by atoms with Crippen molar-refractivity contribution in [2.24, 2.45) is 0 Å². The van der Waals surface area contributed by atoms with Crippen LogP contribution in [-0.2, 0) is 5.41 Å². The third kappa shape index (κ3) is 5.28. The molecule has 0 spiro atoms. The Morgan fingerprint density at radius 2 is 0.944 bits per heavy atom. The molecule has 0 fully saturated rings. The summed E-state index contributed by atoms with van der Waals surface area (Å²) in [5.74, 6) is 0. The fourth-order valence-electron chi connectivity index (χ4n) is 8.16. The number of furan rings is 1. The van der Waals surface area contributed by atoms with Crippen LogP contribution in [0, 0.1) is 0 Å². The van der Waals surface area contributed by atoms with E-state index in [1.807, 2.05) is 12.1 Å². The predicted octanol–water partition coefficient (Wildman–Crippen LogP) is 14.1. The molecule has 0 bridgehead atoms. The van der Waals surface area contributed by atoms with Gasteiger partial charge in [0.05, 0.1) is 11.0 Å². The van der Waals surface area contributed by atoms with Crippen LogP contribution in [0.3, 0.4) is 0 Å². The molecule has 8 aromatic carbocycles. The van der Waals surface area contributed by atoms with E-state index in [0.717, 1.165) is 50.2 Å². The largest absolute Gasteiger partial charge is 0.456 e. The highest BCUT2D eigenvalue weighted by atomic mass is 16.3. The minimum absolute atomic E-state index is 0.120. The Balaban J connectivity index is 1.14. The minimum Gasteiger partial charge on any atom is -0.456 e. The molecule has 3 heteroatoms. The third-order valence-corrected chi connectivity index (χ3v) is 11.1. The molecule has 3 nitrogen and oxygen atoms in total. The molecule has 258 valence electrons. The summed E-state index contributed by atoms with van der Waals surface area (Å²) in [7, 11) is 0. The summed E-state index contributed by atoms with van der Waals surface area (Å²) < 4.78 is 8.82. The molecule has 0 amide bonds. The van der Waals surface area contributed by atoms with Gasteiger partial charge in [-0.25, -0.2) is 0 Å². The van der Waals surface area contributed by atoms with E-state index in [1.54, 1.807) is 0 Å². The number of nitrogens with zero attached hydrogens (tertiary/aromatic N) is 2. The fraction of sp³-hybridized carbons (Fsp3) is 0.0588. The van der Waals surface area contributed by atoms with Gasteiger partial charge in [0.2, 0.25) is 0 Å². The standard InChI is InChI=1S/C51H38N2O/c1-51(2,37-15-7-4-8-16-37)38-23-27-40(28-24-38)53-47-19-11-9-17-43(47)44-31-29-41(33-48(44)53)52(39-25-21-36(22-26-39)35-13-5-3-6-14-35)42-30-32-46-45-18-10-12-20-49(45)54-50(46)34-42/h3-34H,1-2H3. The molecular formula is C51H38N2O. The van der Waals surface area contributed by atoms with Crippen LogP contribution >= 0.6 is 0 Å². The minimum atomic E-state index is -0.120. The SMILES string of the molecule is CC(C)(c1ccccc1)c1ccc(-n2c3ccccc3c3ccc(N(c4ccc(-c5ccccc5)cc4)c4ccc5c(c4)oc4ccccc45)cc32)cc1. The van der Waals surface area contributed by atoms with Crippen molar-refractivity contribution in [3.63, 3.8) is 0 Å². The lowest BCUT2D eigenvalue weighted by atomic mass is 9.78. The van der Waals surface area contributed by atoms with E-state index in [2.05, 4.69) is 205 Å². The zero-order chi connectivity index (χ0) is 36.2. The van der Waals surface area contributed by atoms with E-state index in [-0.39, 0.29) is 5.41 Å². The van der Waals surface area contributed by atoms with E-state index < -0.39 is 0 Å². The van der Waals surface area contributed by atoms with Crippen LogP contribution < -0.4 is 4.90 Å². The Labute approximate surface area is 315 Å². The molecule has 0 aliphatic heterocycles. The third-order valence-electron chi connectivity index (χ3n) is 11.1. The Kier molecular flexibility index (Phi) is 7.48. The Morgan fingerprint density at radius 3 is 1.70 bits per heavy atom. The molecule has 10 rings (SSSR count). The molecule has 0 saturated heterocycles. The first-order chi connectivity index (χ1) is 26.5. The van der Waals surface area contributed by atoms with Gasteiger partial charge in [0.15, 0.2) is 0 Å². The molecule has 2 heterocycles. The topological polar surface area (TPSA) is 21.3 Å². The van der Waals surface area contributed by atoms with Gasteiger partial charge in [-0.05, 0) is 82.9 Å². The van der Waals surface area contributed by atoms with Crippen molar-refractivity contribution < 1.29 is 4.42 Å². The van der Waals surface area contributed by atoms with Crippen molar-refractivity contribution in [2.75, 3.05) is 4.90 Å². The maximum atomic E-state index is 6.41. The van der Waals surface area contributed by atoms with E-state index >= 15 is 0 Å². The van der Waals surface area contributed by atoms with E-state index in [4.69, 9.17) is 4.42 Å². The molecule has 10 aromatic rings. The monoisotopic (exact) mass is 694 g/mol. The lowest BCUT2D eigenvalue weighted by Crippen LogP contribution is -2.18. The second-order valence-electron chi connectivity index (χ2n) is 14.6. The number of fused-ring (bicyclic) bond motifs is 6. The summed E-state index contributed by atoms with van der Waals surface area (Å²) >= 11 is 0. The van der Waals surface area contributed by atoms with Gasteiger partial charge in [0.25, 0.3) is 0 Å². The normalized spacial score (nSPS) is 11.9. The first kappa shape index (κ1) is 31.9. The second-order valence-corrected chi connectivity index (χ2v) is 14.6. The van der Waals surface area contributed by atoms with Gasteiger partial charge in [-0.3, -0.25) is 0 Å². The van der Waals surface area contributed by atoms with Crippen LogP contribution in [0.25, 0.3) is 60.6 Å². The molecule has 0 N–H and O–H groups in total. The van der Waals surface area contributed by atoms with Crippen molar-refractivity contribution in [3.05, 3.63) is 205 Å². The zero-order valence-electron chi connectivity index (χ0n) is 30.3. The van der Waals surface area contributed by atoms with E-state index in [0.29, 0.717) is 0 Å². The van der Waals surface area contributed by atoms with Gasteiger partial charge in [0.1, 0.15) is 11.2 Å². The highest BCUT2D eigenvalue weighted by molar-refractivity contribution is 6.11. The van der Waals surface area contributed by atoms with Gasteiger partial charge in [-0.2, -0.15) is 0 Å². The number of aromatic nitrogens is 1. The van der Waals surface area contributed by atoms with Crippen LogP contribution in [0.2, 0.25) is 0 Å². The molecule has 54 heavy (non-hydrogen) atoms. The Hall–Kier alpha value is -6.84. The summed E-state index contributed by atoms with van der Waals surface area (Å²) in [6.45, 7) is 4.60. The molecule has 0 saturated carbocycles. The number of rotatable bonds is 7. The average Bonchev–Trinajstić information content (AvgIpc) is 3.77. The van der Waals surface area contributed by atoms with E-state index in [9.17, 15) is 0 Å². The molecule has 0 unspecified atom stereocenters. The smallest absolute Gasteiger partial charge is 0.137 e. The van der Waals surface area contributed by atoms with Crippen molar-refractivity contribution in [2.45, 2.75) is 19.3 Å². The maximum absolute atomic E-state index is 6.41. The molecule has 0 aliphatic rings. The number of hydrogen-bond acceptors (Lipinski definition) is 2. The first-order valence-corrected chi connectivity index (χ1v) is 18.6. The molecule has 0 radical (unpaired) electrons. The van der Waals surface area contributed by atoms with Crippen LogP contribution in [0.15, 0.2) is 199 Å².